The van der Waals surface area contributed by atoms with Gasteiger partial charge in [0.15, 0.2) is 0 Å². The molecule has 0 saturated carbocycles. The van der Waals surface area contributed by atoms with Gasteiger partial charge < -0.3 is 0 Å². The molecule has 0 nitrogen and oxygen atoms in total. The van der Waals surface area contributed by atoms with E-state index >= 15 is 0 Å². The van der Waals surface area contributed by atoms with Crippen molar-refractivity contribution in [3.8, 4) is 10.4 Å². The summed E-state index contributed by atoms with van der Waals surface area (Å²) < 4.78 is 0. The van der Waals surface area contributed by atoms with E-state index in [4.69, 9.17) is 0 Å². The Morgan fingerprint density at radius 1 is 1.07 bits per heavy atom. The van der Waals surface area contributed by atoms with Crippen LogP contribution in [0, 0.1) is 6.92 Å². The predicted molar refractivity (Wildman–Crippen MR) is 69.2 cm³/mol. The second-order valence-corrected chi connectivity index (χ2v) is 4.89. The summed E-state index contributed by atoms with van der Waals surface area (Å²) in [5, 5.41) is 0. The van der Waals surface area contributed by atoms with Crippen LogP contribution in [-0.2, 0) is 0 Å². The Labute approximate surface area is 94.9 Å². The van der Waals surface area contributed by atoms with E-state index in [1.165, 1.54) is 20.9 Å². The molecule has 0 spiro atoms. The van der Waals surface area contributed by atoms with E-state index in [2.05, 4.69) is 49.9 Å². The summed E-state index contributed by atoms with van der Waals surface area (Å²) >= 11 is 1.80. The molecule has 0 atom stereocenters. The molecule has 0 saturated heterocycles. The number of thiophene rings is 1. The molecular weight excluding hydrogens is 200 g/mol. The molecule has 1 aromatic carbocycles. The minimum Gasteiger partial charge on any atom is -0.136 e. The molecule has 0 unspecified atom stereocenters. The maximum Gasteiger partial charge on any atom is 0.0349 e. The highest BCUT2D eigenvalue weighted by Gasteiger charge is 2.02. The first-order valence-electron chi connectivity index (χ1n) is 4.99. The molecule has 0 aliphatic heterocycles. The maximum atomic E-state index is 3.96. The van der Waals surface area contributed by atoms with Crippen LogP contribution in [0.15, 0.2) is 43.0 Å². The van der Waals surface area contributed by atoms with Crippen molar-refractivity contribution in [3.05, 3.63) is 53.4 Å². The molecule has 0 fully saturated rings. The average molecular weight is 214 g/mol. The zero-order valence-corrected chi connectivity index (χ0v) is 9.90. The highest BCUT2D eigenvalue weighted by Crippen LogP contribution is 2.31. The smallest absolute Gasteiger partial charge is 0.0349 e. The van der Waals surface area contributed by atoms with Gasteiger partial charge in [-0.25, -0.2) is 0 Å². The Kier molecular flexibility index (Phi) is 2.74. The zero-order valence-electron chi connectivity index (χ0n) is 9.08. The quantitative estimate of drug-likeness (QED) is 0.676. The molecule has 1 heterocycles. The van der Waals surface area contributed by atoms with Crippen molar-refractivity contribution in [1.82, 2.24) is 0 Å². The topological polar surface area (TPSA) is 0 Å². The lowest BCUT2D eigenvalue weighted by Gasteiger charge is -1.97. The van der Waals surface area contributed by atoms with Gasteiger partial charge in [-0.3, -0.25) is 0 Å². The Bertz CT molecular complexity index is 474. The Morgan fingerprint density at radius 3 is 2.27 bits per heavy atom. The van der Waals surface area contributed by atoms with Gasteiger partial charge in [0.05, 0.1) is 0 Å². The van der Waals surface area contributed by atoms with Crippen molar-refractivity contribution < 1.29 is 0 Å². The van der Waals surface area contributed by atoms with Crippen LogP contribution in [0.25, 0.3) is 16.0 Å². The fraction of sp³-hybridized carbons (Fsp3) is 0.143. The SMILES string of the molecule is C=C(C)c1ccc(-c2ccc(C)cc2)s1. The van der Waals surface area contributed by atoms with E-state index < -0.39 is 0 Å². The minimum atomic E-state index is 1.14. The van der Waals surface area contributed by atoms with Gasteiger partial charge in [0.25, 0.3) is 0 Å². The third kappa shape index (κ3) is 2.18. The van der Waals surface area contributed by atoms with Crippen LogP contribution in [0.3, 0.4) is 0 Å². The standard InChI is InChI=1S/C14H14S/c1-10(2)13-8-9-14(15-13)12-6-4-11(3)5-7-12/h4-9H,1H2,2-3H3. The second-order valence-electron chi connectivity index (χ2n) is 3.81. The molecule has 0 amide bonds. The number of hydrogen-bond acceptors (Lipinski definition) is 1. The number of hydrogen-bond donors (Lipinski definition) is 0. The van der Waals surface area contributed by atoms with Crippen molar-refractivity contribution in [2.75, 3.05) is 0 Å². The summed E-state index contributed by atoms with van der Waals surface area (Å²) in [6.45, 7) is 8.11. The lowest BCUT2D eigenvalue weighted by molar-refractivity contribution is 1.48. The fourth-order valence-corrected chi connectivity index (χ4v) is 2.38. The van der Waals surface area contributed by atoms with Crippen LogP contribution in [0.5, 0.6) is 0 Å². The maximum absolute atomic E-state index is 3.96. The highest BCUT2D eigenvalue weighted by atomic mass is 32.1. The van der Waals surface area contributed by atoms with E-state index in [9.17, 15) is 0 Å². The summed E-state index contributed by atoms with van der Waals surface area (Å²) in [7, 11) is 0. The molecule has 0 radical (unpaired) electrons. The second kappa shape index (κ2) is 4.03. The van der Waals surface area contributed by atoms with Gasteiger partial charge >= 0.3 is 0 Å². The van der Waals surface area contributed by atoms with Gasteiger partial charge in [0.2, 0.25) is 0 Å². The van der Waals surface area contributed by atoms with Crippen molar-refractivity contribution in [1.29, 1.82) is 0 Å². The Balaban J connectivity index is 2.37. The number of aryl methyl sites for hydroxylation is 1. The normalized spacial score (nSPS) is 10.3. The van der Waals surface area contributed by atoms with Crippen LogP contribution < -0.4 is 0 Å². The predicted octanol–water partition coefficient (Wildman–Crippen LogP) is 4.76. The fourth-order valence-electron chi connectivity index (χ4n) is 1.44. The molecule has 0 bridgehead atoms. The average Bonchev–Trinajstić information content (AvgIpc) is 2.68. The van der Waals surface area contributed by atoms with Crippen LogP contribution in [0.2, 0.25) is 0 Å². The van der Waals surface area contributed by atoms with E-state index in [1.807, 2.05) is 6.92 Å². The minimum absolute atomic E-state index is 1.14. The van der Waals surface area contributed by atoms with Crippen LogP contribution in [-0.4, -0.2) is 0 Å². The van der Waals surface area contributed by atoms with Crippen molar-refractivity contribution in [2.24, 2.45) is 0 Å². The third-order valence-corrected chi connectivity index (χ3v) is 3.66. The summed E-state index contributed by atoms with van der Waals surface area (Å²) in [6, 6.07) is 12.9. The van der Waals surface area contributed by atoms with Gasteiger partial charge in [0.1, 0.15) is 0 Å². The highest BCUT2D eigenvalue weighted by molar-refractivity contribution is 7.16. The first-order valence-corrected chi connectivity index (χ1v) is 5.81. The Hall–Kier alpha value is -1.34. The lowest BCUT2D eigenvalue weighted by atomic mass is 10.1. The first kappa shape index (κ1) is 10.2. The third-order valence-electron chi connectivity index (χ3n) is 2.36. The molecule has 2 aromatic rings. The number of rotatable bonds is 2. The van der Waals surface area contributed by atoms with Crippen molar-refractivity contribution in [3.63, 3.8) is 0 Å². The van der Waals surface area contributed by atoms with Gasteiger partial charge in [-0.15, -0.1) is 11.3 Å². The van der Waals surface area contributed by atoms with Crippen LogP contribution in [0.1, 0.15) is 17.4 Å². The number of benzene rings is 1. The van der Waals surface area contributed by atoms with Gasteiger partial charge in [-0.1, -0.05) is 36.4 Å². The molecule has 15 heavy (non-hydrogen) atoms. The molecule has 1 heteroatoms. The summed E-state index contributed by atoms with van der Waals surface area (Å²) in [5.41, 5.74) is 3.73. The van der Waals surface area contributed by atoms with E-state index in [1.54, 1.807) is 11.3 Å². The molecule has 0 aliphatic rings. The van der Waals surface area contributed by atoms with Crippen molar-refractivity contribution in [2.45, 2.75) is 13.8 Å². The zero-order chi connectivity index (χ0) is 10.8. The monoisotopic (exact) mass is 214 g/mol. The van der Waals surface area contributed by atoms with Crippen LogP contribution >= 0.6 is 11.3 Å². The van der Waals surface area contributed by atoms with Gasteiger partial charge in [-0.05, 0) is 37.1 Å². The molecule has 1 aromatic heterocycles. The molecule has 2 rings (SSSR count). The Morgan fingerprint density at radius 2 is 1.73 bits per heavy atom. The van der Waals surface area contributed by atoms with Gasteiger partial charge in [-0.2, -0.15) is 0 Å². The van der Waals surface area contributed by atoms with Crippen LogP contribution in [0.4, 0.5) is 0 Å². The largest absolute Gasteiger partial charge is 0.136 e. The summed E-state index contributed by atoms with van der Waals surface area (Å²) in [4.78, 5) is 2.58. The van der Waals surface area contributed by atoms with Gasteiger partial charge in [0, 0.05) is 9.75 Å². The molecule has 0 N–H and O–H groups in total. The first-order chi connectivity index (χ1) is 7.16. The van der Waals surface area contributed by atoms with E-state index in [0.717, 1.165) is 5.57 Å². The van der Waals surface area contributed by atoms with Crippen molar-refractivity contribution >= 4 is 16.9 Å². The lowest BCUT2D eigenvalue weighted by Crippen LogP contribution is -1.72. The van der Waals surface area contributed by atoms with E-state index in [-0.39, 0.29) is 0 Å². The molecular formula is C14H14S. The summed E-state index contributed by atoms with van der Waals surface area (Å²) in [5.74, 6) is 0. The molecule has 76 valence electrons. The molecule has 0 aliphatic carbocycles. The summed E-state index contributed by atoms with van der Waals surface area (Å²) in [6.07, 6.45) is 0. The number of allylic oxidation sites excluding steroid dienone is 1. The van der Waals surface area contributed by atoms with E-state index in [0.29, 0.717) is 0 Å².